The van der Waals surface area contributed by atoms with Crippen LogP contribution in [0.2, 0.25) is 5.02 Å². The van der Waals surface area contributed by atoms with Gasteiger partial charge in [-0.05, 0) is 60.4 Å². The third-order valence-electron chi connectivity index (χ3n) is 4.47. The second-order valence-corrected chi connectivity index (χ2v) is 7.40. The molecule has 3 nitrogen and oxygen atoms in total. The van der Waals surface area contributed by atoms with Gasteiger partial charge in [-0.3, -0.25) is 4.79 Å². The van der Waals surface area contributed by atoms with Gasteiger partial charge in [-0.25, -0.2) is 0 Å². The molecule has 1 spiro atoms. The summed E-state index contributed by atoms with van der Waals surface area (Å²) in [5.74, 6) is 0.232. The third kappa shape index (κ3) is 3.44. The lowest BCUT2D eigenvalue weighted by Gasteiger charge is -2.42. The van der Waals surface area contributed by atoms with Crippen molar-refractivity contribution in [2.45, 2.75) is 31.3 Å². The average molecular weight is 421 g/mol. The number of rotatable bonds is 2. The number of hydrogen-bond acceptors (Lipinski definition) is 3. The lowest BCUT2D eigenvalue weighted by atomic mass is 9.78. The van der Waals surface area contributed by atoms with Crippen molar-refractivity contribution >= 4 is 40.0 Å². The first kappa shape index (κ1) is 15.7. The summed E-state index contributed by atoms with van der Waals surface area (Å²) >= 11 is 8.31. The highest BCUT2D eigenvalue weighted by Gasteiger charge is 2.41. The second kappa shape index (κ2) is 6.52. The van der Waals surface area contributed by atoms with Crippen LogP contribution in [0.25, 0.3) is 0 Å². The van der Waals surface area contributed by atoms with Gasteiger partial charge in [0.1, 0.15) is 0 Å². The van der Waals surface area contributed by atoms with E-state index >= 15 is 0 Å². The van der Waals surface area contributed by atoms with E-state index in [2.05, 4.69) is 22.6 Å². The summed E-state index contributed by atoms with van der Waals surface area (Å²) in [6.07, 6.45) is 3.39. The van der Waals surface area contributed by atoms with Crippen LogP contribution in [0.4, 0.5) is 0 Å². The summed E-state index contributed by atoms with van der Waals surface area (Å²) in [5.41, 5.74) is 0.568. The van der Waals surface area contributed by atoms with Crippen molar-refractivity contribution in [1.82, 2.24) is 0 Å². The second-order valence-electron chi connectivity index (χ2n) is 5.83. The predicted molar refractivity (Wildman–Crippen MR) is 90.0 cm³/mol. The SMILES string of the molecule is O=C(c1ccc(I)c(Cl)c1)C1CCOC2(CCOCC2)C1. The number of benzene rings is 1. The molecule has 2 saturated heterocycles. The van der Waals surface area contributed by atoms with E-state index in [1.807, 2.05) is 12.1 Å². The van der Waals surface area contributed by atoms with Crippen LogP contribution in [-0.2, 0) is 9.47 Å². The van der Waals surface area contributed by atoms with Crippen LogP contribution in [0, 0.1) is 9.49 Å². The number of carbonyl (C=O) groups is 1. The van der Waals surface area contributed by atoms with Gasteiger partial charge in [0.05, 0.1) is 10.6 Å². The summed E-state index contributed by atoms with van der Waals surface area (Å²) in [4.78, 5) is 12.7. The highest BCUT2D eigenvalue weighted by molar-refractivity contribution is 14.1. The zero-order chi connectivity index (χ0) is 14.9. The van der Waals surface area contributed by atoms with Gasteiger partial charge in [0.2, 0.25) is 0 Å². The lowest BCUT2D eigenvalue weighted by Crippen LogP contribution is -2.45. The van der Waals surface area contributed by atoms with Crippen LogP contribution in [-0.4, -0.2) is 31.2 Å². The number of hydrogen-bond donors (Lipinski definition) is 0. The normalized spacial score (nSPS) is 25.0. The molecule has 2 aliphatic heterocycles. The fourth-order valence-corrected chi connectivity index (χ4v) is 3.74. The van der Waals surface area contributed by atoms with Gasteiger partial charge in [-0.2, -0.15) is 0 Å². The maximum absolute atomic E-state index is 12.7. The molecule has 0 aliphatic carbocycles. The van der Waals surface area contributed by atoms with Crippen LogP contribution < -0.4 is 0 Å². The number of carbonyl (C=O) groups excluding carboxylic acids is 1. The minimum absolute atomic E-state index is 0.0352. The summed E-state index contributed by atoms with van der Waals surface area (Å²) < 4.78 is 12.4. The molecule has 0 bridgehead atoms. The van der Waals surface area contributed by atoms with Crippen molar-refractivity contribution in [3.63, 3.8) is 0 Å². The van der Waals surface area contributed by atoms with Gasteiger partial charge in [0.25, 0.3) is 0 Å². The van der Waals surface area contributed by atoms with E-state index in [0.717, 1.165) is 48.0 Å². The maximum Gasteiger partial charge on any atom is 0.166 e. The number of ether oxygens (including phenoxy) is 2. The highest BCUT2D eigenvalue weighted by Crippen LogP contribution is 2.38. The smallest absolute Gasteiger partial charge is 0.166 e. The molecular formula is C16H18ClIO3. The number of Topliss-reactive ketones (excluding diaryl/α,β-unsaturated/α-hetero) is 1. The van der Waals surface area contributed by atoms with E-state index in [4.69, 9.17) is 21.1 Å². The van der Waals surface area contributed by atoms with Gasteiger partial charge in [0.15, 0.2) is 5.78 Å². The van der Waals surface area contributed by atoms with Crippen molar-refractivity contribution in [3.05, 3.63) is 32.4 Å². The summed E-state index contributed by atoms with van der Waals surface area (Å²) in [5, 5.41) is 0.647. The Morgan fingerprint density at radius 3 is 2.76 bits per heavy atom. The Morgan fingerprint density at radius 1 is 1.29 bits per heavy atom. The van der Waals surface area contributed by atoms with Crippen LogP contribution >= 0.6 is 34.2 Å². The Kier molecular flexibility index (Phi) is 4.88. The Labute approximate surface area is 143 Å². The van der Waals surface area contributed by atoms with Crippen molar-refractivity contribution in [2.75, 3.05) is 19.8 Å². The highest BCUT2D eigenvalue weighted by atomic mass is 127. The average Bonchev–Trinajstić information content (AvgIpc) is 2.50. The third-order valence-corrected chi connectivity index (χ3v) is 6.04. The molecule has 2 heterocycles. The molecule has 3 rings (SSSR count). The van der Waals surface area contributed by atoms with Gasteiger partial charge in [-0.15, -0.1) is 0 Å². The van der Waals surface area contributed by atoms with E-state index in [0.29, 0.717) is 11.6 Å². The topological polar surface area (TPSA) is 35.5 Å². The van der Waals surface area contributed by atoms with Crippen LogP contribution in [0.15, 0.2) is 18.2 Å². The summed E-state index contributed by atoms with van der Waals surface area (Å²) in [6.45, 7) is 2.13. The first-order valence-electron chi connectivity index (χ1n) is 7.31. The van der Waals surface area contributed by atoms with E-state index in [1.54, 1.807) is 6.07 Å². The van der Waals surface area contributed by atoms with E-state index in [1.165, 1.54) is 0 Å². The number of ketones is 1. The van der Waals surface area contributed by atoms with Gasteiger partial charge in [0, 0.05) is 34.9 Å². The molecule has 21 heavy (non-hydrogen) atoms. The molecule has 2 fully saturated rings. The Balaban J connectivity index is 1.76. The van der Waals surface area contributed by atoms with E-state index in [-0.39, 0.29) is 17.3 Å². The van der Waals surface area contributed by atoms with Gasteiger partial charge < -0.3 is 9.47 Å². The zero-order valence-electron chi connectivity index (χ0n) is 11.7. The Hall–Kier alpha value is -0.170. The first-order valence-corrected chi connectivity index (χ1v) is 8.76. The predicted octanol–water partition coefficient (Wildman–Crippen LogP) is 4.10. The molecule has 114 valence electrons. The van der Waals surface area contributed by atoms with Crippen LogP contribution in [0.5, 0.6) is 0 Å². The molecule has 5 heteroatoms. The number of halogens is 2. The van der Waals surface area contributed by atoms with Crippen molar-refractivity contribution in [2.24, 2.45) is 5.92 Å². The van der Waals surface area contributed by atoms with Gasteiger partial charge in [-0.1, -0.05) is 17.7 Å². The van der Waals surface area contributed by atoms with Crippen LogP contribution in [0.1, 0.15) is 36.0 Å². The molecule has 0 N–H and O–H groups in total. The summed E-state index contributed by atoms with van der Waals surface area (Å²) in [7, 11) is 0. The van der Waals surface area contributed by atoms with Crippen molar-refractivity contribution < 1.29 is 14.3 Å². The molecule has 0 radical (unpaired) electrons. The molecule has 0 aromatic heterocycles. The lowest BCUT2D eigenvalue weighted by molar-refractivity contribution is -0.142. The first-order chi connectivity index (χ1) is 10.1. The largest absolute Gasteiger partial charge is 0.381 e. The minimum Gasteiger partial charge on any atom is -0.381 e. The molecule has 1 unspecified atom stereocenters. The Morgan fingerprint density at radius 2 is 2.05 bits per heavy atom. The fraction of sp³-hybridized carbons (Fsp3) is 0.562. The van der Waals surface area contributed by atoms with E-state index in [9.17, 15) is 4.79 Å². The molecule has 0 saturated carbocycles. The molecule has 1 aromatic carbocycles. The molecule has 1 atom stereocenters. The van der Waals surface area contributed by atoms with E-state index < -0.39 is 0 Å². The van der Waals surface area contributed by atoms with Crippen molar-refractivity contribution in [3.8, 4) is 0 Å². The minimum atomic E-state index is -0.149. The molecular weight excluding hydrogens is 403 g/mol. The molecule has 0 amide bonds. The standard InChI is InChI=1S/C16H18ClIO3/c17-13-9-11(1-2-14(13)18)15(19)12-3-6-21-16(10-12)4-7-20-8-5-16/h1-2,9,12H,3-8,10H2. The fourth-order valence-electron chi connectivity index (χ4n) is 3.23. The molecule has 2 aliphatic rings. The van der Waals surface area contributed by atoms with Crippen LogP contribution in [0.3, 0.4) is 0 Å². The maximum atomic E-state index is 12.7. The molecule has 1 aromatic rings. The monoisotopic (exact) mass is 420 g/mol. The summed E-state index contributed by atoms with van der Waals surface area (Å²) in [6, 6.07) is 5.57. The van der Waals surface area contributed by atoms with Gasteiger partial charge >= 0.3 is 0 Å². The van der Waals surface area contributed by atoms with Crippen molar-refractivity contribution in [1.29, 1.82) is 0 Å². The Bertz CT molecular complexity index is 535. The quantitative estimate of drug-likeness (QED) is 0.534. The zero-order valence-corrected chi connectivity index (χ0v) is 14.7.